The molecule has 1 unspecified atom stereocenters. The highest BCUT2D eigenvalue weighted by Crippen LogP contribution is 2.19. The minimum absolute atomic E-state index is 0.0171. The zero-order valence-electron chi connectivity index (χ0n) is 13.4. The fourth-order valence-electron chi connectivity index (χ4n) is 3.21. The molecule has 0 radical (unpaired) electrons. The van der Waals surface area contributed by atoms with Crippen LogP contribution in [0.25, 0.3) is 4.96 Å². The van der Waals surface area contributed by atoms with Crippen molar-refractivity contribution in [3.8, 4) is 0 Å². The first-order valence-electron chi connectivity index (χ1n) is 8.30. The van der Waals surface area contributed by atoms with Gasteiger partial charge in [-0.15, -0.1) is 11.3 Å². The van der Waals surface area contributed by atoms with Crippen molar-refractivity contribution in [2.24, 2.45) is 0 Å². The molecule has 24 heavy (non-hydrogen) atoms. The van der Waals surface area contributed by atoms with E-state index < -0.39 is 0 Å². The van der Waals surface area contributed by atoms with Gasteiger partial charge in [-0.2, -0.15) is 0 Å². The lowest BCUT2D eigenvalue weighted by atomic mass is 10.1. The summed E-state index contributed by atoms with van der Waals surface area (Å²) in [7, 11) is 0. The molecule has 3 aromatic rings. The van der Waals surface area contributed by atoms with Crippen molar-refractivity contribution in [2.45, 2.75) is 18.9 Å². The van der Waals surface area contributed by atoms with Crippen LogP contribution in [-0.2, 0) is 0 Å². The van der Waals surface area contributed by atoms with E-state index in [1.165, 1.54) is 24.2 Å². The van der Waals surface area contributed by atoms with Crippen molar-refractivity contribution in [3.63, 3.8) is 0 Å². The lowest BCUT2D eigenvalue weighted by Gasteiger charge is -2.24. The number of benzene rings is 1. The molecule has 0 aliphatic carbocycles. The first kappa shape index (κ1) is 15.4. The van der Waals surface area contributed by atoms with Crippen molar-refractivity contribution in [2.75, 3.05) is 19.6 Å². The third-order valence-corrected chi connectivity index (χ3v) is 5.24. The predicted octanol–water partition coefficient (Wildman–Crippen LogP) is 2.96. The molecule has 0 bridgehead atoms. The lowest BCUT2D eigenvalue weighted by Crippen LogP contribution is -2.37. The summed E-state index contributed by atoms with van der Waals surface area (Å²) in [6.07, 6.45) is 6.20. The van der Waals surface area contributed by atoms with Crippen LogP contribution in [0.3, 0.4) is 0 Å². The van der Waals surface area contributed by atoms with Crippen molar-refractivity contribution >= 4 is 22.2 Å². The van der Waals surface area contributed by atoms with Crippen LogP contribution in [0.4, 0.5) is 0 Å². The summed E-state index contributed by atoms with van der Waals surface area (Å²) < 4.78 is 1.89. The molecule has 1 saturated heterocycles. The molecule has 1 amide bonds. The maximum Gasteiger partial charge on any atom is 0.272 e. The van der Waals surface area contributed by atoms with Crippen molar-refractivity contribution < 1.29 is 4.79 Å². The SMILES string of the molecule is O=C(NC(CN1CCCC1)c1ccccc1)c1cn2ccsc2n1. The summed E-state index contributed by atoms with van der Waals surface area (Å²) in [5.41, 5.74) is 1.61. The van der Waals surface area contributed by atoms with Gasteiger partial charge in [-0.1, -0.05) is 30.3 Å². The van der Waals surface area contributed by atoms with Crippen LogP contribution in [-0.4, -0.2) is 39.8 Å². The number of fused-ring (bicyclic) bond motifs is 1. The van der Waals surface area contributed by atoms with Gasteiger partial charge in [0.05, 0.1) is 6.04 Å². The Hall–Kier alpha value is -2.18. The second-order valence-corrected chi connectivity index (χ2v) is 7.04. The van der Waals surface area contributed by atoms with Gasteiger partial charge in [0.15, 0.2) is 4.96 Å². The Kier molecular flexibility index (Phi) is 4.32. The second-order valence-electron chi connectivity index (χ2n) is 6.16. The Labute approximate surface area is 144 Å². The van der Waals surface area contributed by atoms with Gasteiger partial charge in [-0.25, -0.2) is 4.98 Å². The molecule has 1 N–H and O–H groups in total. The van der Waals surface area contributed by atoms with Gasteiger partial charge in [0.2, 0.25) is 0 Å². The first-order valence-corrected chi connectivity index (χ1v) is 9.18. The fourth-order valence-corrected chi connectivity index (χ4v) is 3.91. The Morgan fingerprint density at radius 3 is 2.79 bits per heavy atom. The highest BCUT2D eigenvalue weighted by Gasteiger charge is 2.22. The van der Waals surface area contributed by atoms with Crippen LogP contribution in [0.15, 0.2) is 48.1 Å². The summed E-state index contributed by atoms with van der Waals surface area (Å²) in [5, 5.41) is 5.14. The minimum Gasteiger partial charge on any atom is -0.343 e. The molecule has 2 aromatic heterocycles. The van der Waals surface area contributed by atoms with E-state index in [4.69, 9.17) is 0 Å². The summed E-state index contributed by atoms with van der Waals surface area (Å²) in [6.45, 7) is 3.07. The maximum atomic E-state index is 12.7. The average molecular weight is 340 g/mol. The van der Waals surface area contributed by atoms with Crippen LogP contribution in [0.5, 0.6) is 0 Å². The minimum atomic E-state index is -0.112. The van der Waals surface area contributed by atoms with Crippen LogP contribution in [0, 0.1) is 0 Å². The van der Waals surface area contributed by atoms with Crippen LogP contribution in [0.2, 0.25) is 0 Å². The van der Waals surface area contributed by atoms with Crippen LogP contribution < -0.4 is 5.32 Å². The molecule has 0 spiro atoms. The molecule has 1 atom stereocenters. The van der Waals surface area contributed by atoms with E-state index in [0.717, 1.165) is 30.2 Å². The Morgan fingerprint density at radius 1 is 1.25 bits per heavy atom. The van der Waals surface area contributed by atoms with E-state index >= 15 is 0 Å². The summed E-state index contributed by atoms with van der Waals surface area (Å²) in [5.74, 6) is -0.112. The van der Waals surface area contributed by atoms with E-state index in [1.54, 1.807) is 6.20 Å². The van der Waals surface area contributed by atoms with Gasteiger partial charge in [-0.3, -0.25) is 9.20 Å². The largest absolute Gasteiger partial charge is 0.343 e. The predicted molar refractivity (Wildman–Crippen MR) is 95.4 cm³/mol. The van der Waals surface area contributed by atoms with Crippen LogP contribution in [0.1, 0.15) is 34.9 Å². The number of rotatable bonds is 5. The molecule has 3 heterocycles. The molecule has 1 aliphatic rings. The normalized spacial score (nSPS) is 16.5. The van der Waals surface area contributed by atoms with Gasteiger partial charge in [-0.05, 0) is 31.5 Å². The molecule has 1 aromatic carbocycles. The highest BCUT2D eigenvalue weighted by atomic mass is 32.1. The smallest absolute Gasteiger partial charge is 0.272 e. The number of likely N-dealkylation sites (tertiary alicyclic amines) is 1. The molecule has 1 aliphatic heterocycles. The number of nitrogens with zero attached hydrogens (tertiary/aromatic N) is 3. The lowest BCUT2D eigenvalue weighted by molar-refractivity contribution is 0.0922. The molecule has 0 saturated carbocycles. The Balaban J connectivity index is 1.53. The van der Waals surface area contributed by atoms with Gasteiger partial charge in [0, 0.05) is 24.3 Å². The van der Waals surface area contributed by atoms with E-state index in [9.17, 15) is 4.79 Å². The van der Waals surface area contributed by atoms with Crippen molar-refractivity contribution in [1.82, 2.24) is 19.6 Å². The number of carbonyl (C=O) groups is 1. The molecule has 6 heteroatoms. The molecule has 5 nitrogen and oxygen atoms in total. The van der Waals surface area contributed by atoms with Gasteiger partial charge in [0.25, 0.3) is 5.91 Å². The zero-order valence-corrected chi connectivity index (χ0v) is 14.2. The monoisotopic (exact) mass is 340 g/mol. The van der Waals surface area contributed by atoms with Gasteiger partial charge >= 0.3 is 0 Å². The number of thiazole rings is 1. The number of imidazole rings is 1. The summed E-state index contributed by atoms with van der Waals surface area (Å²) in [4.78, 5) is 20.3. The van der Waals surface area contributed by atoms with Gasteiger partial charge in [0.1, 0.15) is 5.69 Å². The number of aromatic nitrogens is 2. The standard InChI is InChI=1S/C18H20N4OS/c23-17(16-13-22-10-11-24-18(22)20-16)19-15(12-21-8-4-5-9-21)14-6-2-1-3-7-14/h1-3,6-7,10-11,13,15H,4-5,8-9,12H2,(H,19,23). The second kappa shape index (κ2) is 6.75. The topological polar surface area (TPSA) is 49.6 Å². The molecule has 1 fully saturated rings. The third kappa shape index (κ3) is 3.20. The summed E-state index contributed by atoms with van der Waals surface area (Å²) >= 11 is 1.53. The highest BCUT2D eigenvalue weighted by molar-refractivity contribution is 7.15. The molecular weight excluding hydrogens is 320 g/mol. The quantitative estimate of drug-likeness (QED) is 0.777. The average Bonchev–Trinajstić information content (AvgIpc) is 3.32. The van der Waals surface area contributed by atoms with Crippen molar-refractivity contribution in [1.29, 1.82) is 0 Å². The number of carbonyl (C=O) groups excluding carboxylic acids is 1. The number of nitrogens with one attached hydrogen (secondary N) is 1. The van der Waals surface area contributed by atoms with Crippen LogP contribution >= 0.6 is 11.3 Å². The first-order chi connectivity index (χ1) is 11.8. The van der Waals surface area contributed by atoms with Crippen molar-refractivity contribution in [3.05, 3.63) is 59.4 Å². The van der Waals surface area contributed by atoms with E-state index in [0.29, 0.717) is 5.69 Å². The third-order valence-electron chi connectivity index (χ3n) is 4.47. The summed E-state index contributed by atoms with van der Waals surface area (Å²) in [6, 6.07) is 10.2. The Morgan fingerprint density at radius 2 is 2.04 bits per heavy atom. The van der Waals surface area contributed by atoms with E-state index in [2.05, 4.69) is 27.3 Å². The number of hydrogen-bond donors (Lipinski definition) is 1. The molecular formula is C18H20N4OS. The molecule has 4 rings (SSSR count). The number of amides is 1. The maximum absolute atomic E-state index is 12.7. The zero-order chi connectivity index (χ0) is 16.4. The number of hydrogen-bond acceptors (Lipinski definition) is 4. The van der Waals surface area contributed by atoms with E-state index in [-0.39, 0.29) is 11.9 Å². The molecule has 124 valence electrons. The van der Waals surface area contributed by atoms with Gasteiger partial charge < -0.3 is 10.2 Å². The van der Waals surface area contributed by atoms with E-state index in [1.807, 2.05) is 34.2 Å². The Bertz CT molecular complexity index is 791. The fraction of sp³-hybridized carbons (Fsp3) is 0.333.